The summed E-state index contributed by atoms with van der Waals surface area (Å²) in [6.07, 6.45) is 8.41. The summed E-state index contributed by atoms with van der Waals surface area (Å²) in [4.78, 5) is 27.5. The monoisotopic (exact) mass is 560 g/mol. The van der Waals surface area contributed by atoms with Gasteiger partial charge in [-0.15, -0.1) is 0 Å². The van der Waals surface area contributed by atoms with Crippen LogP contribution in [0.1, 0.15) is 85.9 Å². The minimum absolute atomic E-state index is 0.0599. The summed E-state index contributed by atoms with van der Waals surface area (Å²) in [7, 11) is 3.01. The summed E-state index contributed by atoms with van der Waals surface area (Å²) in [6.45, 7) is 8.49. The maximum atomic E-state index is 12.8. The van der Waals surface area contributed by atoms with Gasteiger partial charge in [-0.3, -0.25) is 9.59 Å². The van der Waals surface area contributed by atoms with Crippen LogP contribution in [0.3, 0.4) is 0 Å². The molecule has 2 N–H and O–H groups in total. The number of ether oxygens (including phenoxy) is 2. The van der Waals surface area contributed by atoms with Crippen LogP contribution in [0, 0.1) is 0 Å². The summed E-state index contributed by atoms with van der Waals surface area (Å²) >= 11 is 0. The minimum Gasteiger partial charge on any atom is -0.382 e. The Kier molecular flexibility index (Phi) is 17.7. The normalized spacial score (nSPS) is 10.9. The molecular formula is C30H44N2O4S2. The zero-order valence-corrected chi connectivity index (χ0v) is 24.6. The third-order valence-electron chi connectivity index (χ3n) is 5.89. The standard InChI is InChI=1S/C30H44N2O4S2/c1-3-35-23-15-7-5-13-21-31-29(33)25-17-9-11-19-27(25)37-38-28-20-12-10-18-26(28)30(34)32-22-14-6-8-16-24-36-4-2/h9-12,17-20H,3-8,13-16,21-24H2,1-2H3,(H,31,33)(H,32,34). The van der Waals surface area contributed by atoms with Crippen LogP contribution in [0.4, 0.5) is 0 Å². The summed E-state index contributed by atoms with van der Waals surface area (Å²) in [6, 6.07) is 15.3. The summed E-state index contributed by atoms with van der Waals surface area (Å²) in [5.74, 6) is -0.120. The maximum Gasteiger partial charge on any atom is 0.252 e. The van der Waals surface area contributed by atoms with E-state index in [0.717, 1.165) is 87.6 Å². The molecule has 0 saturated carbocycles. The number of unbranched alkanes of at least 4 members (excludes halogenated alkanes) is 6. The molecule has 0 aliphatic carbocycles. The largest absolute Gasteiger partial charge is 0.382 e. The second kappa shape index (κ2) is 20.9. The molecule has 0 bridgehead atoms. The van der Waals surface area contributed by atoms with Gasteiger partial charge in [0.25, 0.3) is 11.8 Å². The predicted octanol–water partition coefficient (Wildman–Crippen LogP) is 7.14. The Balaban J connectivity index is 1.80. The second-order valence-electron chi connectivity index (χ2n) is 8.89. The molecule has 0 aliphatic heterocycles. The zero-order valence-electron chi connectivity index (χ0n) is 23.0. The number of benzene rings is 2. The van der Waals surface area contributed by atoms with Gasteiger partial charge in [0, 0.05) is 49.3 Å². The van der Waals surface area contributed by atoms with E-state index >= 15 is 0 Å². The molecule has 2 aromatic carbocycles. The van der Waals surface area contributed by atoms with E-state index in [1.165, 1.54) is 21.6 Å². The SMILES string of the molecule is CCOCCCCCCNC(=O)c1ccccc1SSc1ccccc1C(=O)NCCCCCCOCC. The van der Waals surface area contributed by atoms with Gasteiger partial charge in [-0.1, -0.05) is 71.5 Å². The first-order chi connectivity index (χ1) is 18.7. The lowest BCUT2D eigenvalue weighted by Gasteiger charge is -2.12. The summed E-state index contributed by atoms with van der Waals surface area (Å²) < 4.78 is 10.7. The van der Waals surface area contributed by atoms with Crippen molar-refractivity contribution in [3.8, 4) is 0 Å². The molecule has 0 aliphatic rings. The second-order valence-corrected chi connectivity index (χ2v) is 11.1. The Labute approximate surface area is 236 Å². The molecule has 2 amide bonds. The van der Waals surface area contributed by atoms with Crippen molar-refractivity contribution in [3.05, 3.63) is 59.7 Å². The average Bonchev–Trinajstić information content (AvgIpc) is 2.94. The number of hydrogen-bond donors (Lipinski definition) is 2. The van der Waals surface area contributed by atoms with Crippen LogP contribution < -0.4 is 10.6 Å². The van der Waals surface area contributed by atoms with Gasteiger partial charge in [0.1, 0.15) is 0 Å². The van der Waals surface area contributed by atoms with Gasteiger partial charge in [0.05, 0.1) is 11.1 Å². The van der Waals surface area contributed by atoms with Gasteiger partial charge in [0.2, 0.25) is 0 Å². The molecule has 0 fully saturated rings. The van der Waals surface area contributed by atoms with Gasteiger partial charge >= 0.3 is 0 Å². The molecule has 2 rings (SSSR count). The maximum absolute atomic E-state index is 12.8. The number of carbonyl (C=O) groups excluding carboxylic acids is 2. The topological polar surface area (TPSA) is 76.7 Å². The lowest BCUT2D eigenvalue weighted by Crippen LogP contribution is -2.25. The fourth-order valence-electron chi connectivity index (χ4n) is 3.79. The number of carbonyl (C=O) groups is 2. The summed E-state index contributed by atoms with van der Waals surface area (Å²) in [5.41, 5.74) is 1.32. The predicted molar refractivity (Wildman–Crippen MR) is 159 cm³/mol. The van der Waals surface area contributed by atoms with Gasteiger partial charge < -0.3 is 20.1 Å². The van der Waals surface area contributed by atoms with E-state index in [2.05, 4.69) is 10.6 Å². The molecule has 0 aromatic heterocycles. The van der Waals surface area contributed by atoms with Crippen molar-refractivity contribution in [1.82, 2.24) is 10.6 Å². The van der Waals surface area contributed by atoms with Crippen LogP contribution in [0.2, 0.25) is 0 Å². The van der Waals surface area contributed by atoms with E-state index in [0.29, 0.717) is 24.2 Å². The molecule has 0 heterocycles. The molecule has 2 aromatic rings. The summed E-state index contributed by atoms with van der Waals surface area (Å²) in [5, 5.41) is 6.11. The highest BCUT2D eigenvalue weighted by Crippen LogP contribution is 2.40. The fourth-order valence-corrected chi connectivity index (χ4v) is 6.15. The smallest absolute Gasteiger partial charge is 0.252 e. The molecule has 210 valence electrons. The fraction of sp³-hybridized carbons (Fsp3) is 0.533. The van der Waals surface area contributed by atoms with Crippen LogP contribution >= 0.6 is 21.6 Å². The highest BCUT2D eigenvalue weighted by atomic mass is 33.1. The van der Waals surface area contributed by atoms with Crippen molar-refractivity contribution in [2.75, 3.05) is 39.5 Å². The Morgan fingerprint density at radius 2 is 1.00 bits per heavy atom. The molecule has 0 atom stereocenters. The van der Waals surface area contributed by atoms with Crippen LogP contribution in [0.5, 0.6) is 0 Å². The molecule has 0 saturated heterocycles. The number of rotatable bonds is 21. The molecule has 0 unspecified atom stereocenters. The zero-order chi connectivity index (χ0) is 27.3. The highest BCUT2D eigenvalue weighted by Gasteiger charge is 2.15. The van der Waals surface area contributed by atoms with Gasteiger partial charge in [-0.05, 0) is 63.8 Å². The van der Waals surface area contributed by atoms with E-state index in [1.807, 2.05) is 62.4 Å². The van der Waals surface area contributed by atoms with Gasteiger partial charge in [0.15, 0.2) is 0 Å². The van der Waals surface area contributed by atoms with E-state index in [9.17, 15) is 9.59 Å². The van der Waals surface area contributed by atoms with Gasteiger partial charge in [-0.25, -0.2) is 0 Å². The van der Waals surface area contributed by atoms with Crippen molar-refractivity contribution in [3.63, 3.8) is 0 Å². The third-order valence-corrected chi connectivity index (χ3v) is 8.38. The first kappa shape index (κ1) is 32.2. The Morgan fingerprint density at radius 1 is 0.605 bits per heavy atom. The van der Waals surface area contributed by atoms with Crippen molar-refractivity contribution in [2.24, 2.45) is 0 Å². The molecule has 38 heavy (non-hydrogen) atoms. The Hall–Kier alpha value is -2.00. The first-order valence-electron chi connectivity index (χ1n) is 13.9. The van der Waals surface area contributed by atoms with Crippen molar-refractivity contribution in [2.45, 2.75) is 75.0 Å². The molecule has 0 spiro atoms. The van der Waals surface area contributed by atoms with E-state index < -0.39 is 0 Å². The number of hydrogen-bond acceptors (Lipinski definition) is 6. The molecule has 8 heteroatoms. The van der Waals surface area contributed by atoms with Gasteiger partial charge in [-0.2, -0.15) is 0 Å². The number of nitrogens with one attached hydrogen (secondary N) is 2. The van der Waals surface area contributed by atoms with E-state index in [1.54, 1.807) is 0 Å². The average molecular weight is 561 g/mol. The van der Waals surface area contributed by atoms with Crippen molar-refractivity contribution >= 4 is 33.4 Å². The van der Waals surface area contributed by atoms with Crippen LogP contribution in [-0.4, -0.2) is 51.3 Å². The lowest BCUT2D eigenvalue weighted by atomic mass is 10.2. The number of amides is 2. The Bertz CT molecular complexity index is 866. The third kappa shape index (κ3) is 13.2. The Morgan fingerprint density at radius 3 is 1.42 bits per heavy atom. The lowest BCUT2D eigenvalue weighted by molar-refractivity contribution is 0.0941. The highest BCUT2D eigenvalue weighted by molar-refractivity contribution is 8.76. The van der Waals surface area contributed by atoms with Crippen molar-refractivity contribution in [1.29, 1.82) is 0 Å². The molecule has 0 radical (unpaired) electrons. The van der Waals surface area contributed by atoms with Crippen LogP contribution in [0.25, 0.3) is 0 Å². The van der Waals surface area contributed by atoms with Crippen LogP contribution in [-0.2, 0) is 9.47 Å². The van der Waals surface area contributed by atoms with E-state index in [4.69, 9.17) is 9.47 Å². The quantitative estimate of drug-likeness (QED) is 0.125. The van der Waals surface area contributed by atoms with E-state index in [-0.39, 0.29) is 11.8 Å². The van der Waals surface area contributed by atoms with Crippen LogP contribution in [0.15, 0.2) is 58.3 Å². The molecular weight excluding hydrogens is 516 g/mol. The molecule has 6 nitrogen and oxygen atoms in total. The minimum atomic E-state index is -0.0599. The first-order valence-corrected chi connectivity index (χ1v) is 16.1. The van der Waals surface area contributed by atoms with Crippen molar-refractivity contribution < 1.29 is 19.1 Å².